The number of nitrogens with zero attached hydrogens (tertiary/aromatic N) is 1. The van der Waals surface area contributed by atoms with Crippen LogP contribution in [0.25, 0.3) is 0 Å². The molecule has 2 rings (SSSR count). The van der Waals surface area contributed by atoms with Crippen molar-refractivity contribution in [1.82, 2.24) is 4.90 Å². The maximum Gasteiger partial charge on any atom is 0.154 e. The molecule has 2 fully saturated rings. The van der Waals surface area contributed by atoms with E-state index in [0.29, 0.717) is 13.2 Å². The van der Waals surface area contributed by atoms with Gasteiger partial charge in [-0.25, -0.2) is 8.42 Å². The van der Waals surface area contributed by atoms with Crippen LogP contribution in [0.4, 0.5) is 0 Å². The fourth-order valence-corrected chi connectivity index (χ4v) is 4.02. The van der Waals surface area contributed by atoms with E-state index in [-0.39, 0.29) is 17.5 Å². The number of hydrogen-bond donors (Lipinski definition) is 1. The van der Waals surface area contributed by atoms with Gasteiger partial charge in [0.1, 0.15) is 0 Å². The summed E-state index contributed by atoms with van der Waals surface area (Å²) in [4.78, 5) is 1.89. The molecule has 2 atom stereocenters. The Balaban J connectivity index is 1.69. The van der Waals surface area contributed by atoms with Crippen LogP contribution in [0.2, 0.25) is 0 Å². The predicted octanol–water partition coefficient (Wildman–Crippen LogP) is -0.497. The molecular weight excluding hydrogens is 242 g/mol. The second-order valence-corrected chi connectivity index (χ2v) is 7.36. The molecule has 0 amide bonds. The first kappa shape index (κ1) is 13.3. The molecule has 1 aliphatic carbocycles. The molecule has 0 spiro atoms. The maximum atomic E-state index is 11.4. The standard InChI is InChI=1S/C11H21NO4S/c1-12(4-5-16-6-9-2-3-9)10-7-17(14,15)8-11(10)13/h9-11,13H,2-8H2,1H3. The zero-order valence-electron chi connectivity index (χ0n) is 10.2. The number of rotatable bonds is 6. The Morgan fingerprint density at radius 1 is 1.35 bits per heavy atom. The van der Waals surface area contributed by atoms with Crippen molar-refractivity contribution >= 4 is 9.84 Å². The van der Waals surface area contributed by atoms with Gasteiger partial charge in [0.25, 0.3) is 0 Å². The Labute approximate surface area is 103 Å². The Kier molecular flexibility index (Phi) is 4.07. The minimum atomic E-state index is -3.06. The predicted molar refractivity (Wildman–Crippen MR) is 64.6 cm³/mol. The zero-order valence-corrected chi connectivity index (χ0v) is 11.0. The summed E-state index contributed by atoms with van der Waals surface area (Å²) in [7, 11) is -1.21. The molecule has 17 heavy (non-hydrogen) atoms. The summed E-state index contributed by atoms with van der Waals surface area (Å²) in [5.41, 5.74) is 0. The van der Waals surface area contributed by atoms with E-state index in [1.54, 1.807) is 0 Å². The summed E-state index contributed by atoms with van der Waals surface area (Å²) in [6.07, 6.45) is 1.79. The van der Waals surface area contributed by atoms with Gasteiger partial charge < -0.3 is 9.84 Å². The maximum absolute atomic E-state index is 11.4. The van der Waals surface area contributed by atoms with Crippen LogP contribution in [-0.4, -0.2) is 68.9 Å². The zero-order chi connectivity index (χ0) is 12.5. The smallest absolute Gasteiger partial charge is 0.154 e. The summed E-state index contributed by atoms with van der Waals surface area (Å²) in [6, 6.07) is -0.274. The monoisotopic (exact) mass is 263 g/mol. The molecule has 100 valence electrons. The number of hydrogen-bond acceptors (Lipinski definition) is 5. The molecule has 5 nitrogen and oxygen atoms in total. The molecule has 0 aromatic heterocycles. The molecule has 1 saturated carbocycles. The molecule has 0 aromatic rings. The van der Waals surface area contributed by atoms with Crippen molar-refractivity contribution in [2.24, 2.45) is 5.92 Å². The molecule has 1 heterocycles. The number of aliphatic hydroxyl groups is 1. The largest absolute Gasteiger partial charge is 0.390 e. The van der Waals surface area contributed by atoms with Gasteiger partial charge in [-0.2, -0.15) is 0 Å². The molecule has 1 saturated heterocycles. The first-order valence-electron chi connectivity index (χ1n) is 6.14. The van der Waals surface area contributed by atoms with Crippen LogP contribution in [0, 0.1) is 5.92 Å². The lowest BCUT2D eigenvalue weighted by Crippen LogP contribution is -2.42. The highest BCUT2D eigenvalue weighted by Gasteiger charge is 2.38. The molecule has 6 heteroatoms. The second kappa shape index (κ2) is 5.22. The Morgan fingerprint density at radius 3 is 2.59 bits per heavy atom. The van der Waals surface area contributed by atoms with E-state index in [0.717, 1.165) is 12.5 Å². The highest BCUT2D eigenvalue weighted by Crippen LogP contribution is 2.28. The number of sulfone groups is 1. The Bertz CT molecular complexity index is 352. The summed E-state index contributed by atoms with van der Waals surface area (Å²) < 4.78 is 28.2. The average Bonchev–Trinajstić information content (AvgIpc) is 2.99. The minimum absolute atomic E-state index is 0.0628. The van der Waals surface area contributed by atoms with Crippen molar-refractivity contribution in [3.63, 3.8) is 0 Å². The Hall–Kier alpha value is -0.170. The topological polar surface area (TPSA) is 66.8 Å². The van der Waals surface area contributed by atoms with E-state index >= 15 is 0 Å². The van der Waals surface area contributed by atoms with Crippen molar-refractivity contribution < 1.29 is 18.3 Å². The van der Waals surface area contributed by atoms with Crippen LogP contribution in [0.3, 0.4) is 0 Å². The van der Waals surface area contributed by atoms with Crippen LogP contribution < -0.4 is 0 Å². The van der Waals surface area contributed by atoms with Gasteiger partial charge in [-0.1, -0.05) is 0 Å². The van der Waals surface area contributed by atoms with Crippen LogP contribution in [0.1, 0.15) is 12.8 Å². The van der Waals surface area contributed by atoms with E-state index < -0.39 is 15.9 Å². The van der Waals surface area contributed by atoms with Gasteiger partial charge in [-0.3, -0.25) is 4.90 Å². The molecule has 2 aliphatic rings. The van der Waals surface area contributed by atoms with Gasteiger partial charge in [0.15, 0.2) is 9.84 Å². The van der Waals surface area contributed by atoms with Crippen molar-refractivity contribution in [3.8, 4) is 0 Å². The first-order valence-corrected chi connectivity index (χ1v) is 7.96. The summed E-state index contributed by atoms with van der Waals surface area (Å²) in [6.45, 7) is 2.10. The third-order valence-corrected chi connectivity index (χ3v) is 5.20. The van der Waals surface area contributed by atoms with Gasteiger partial charge in [-0.15, -0.1) is 0 Å². The van der Waals surface area contributed by atoms with E-state index in [1.165, 1.54) is 12.8 Å². The van der Waals surface area contributed by atoms with Crippen molar-refractivity contribution in [2.75, 3.05) is 38.3 Å². The van der Waals surface area contributed by atoms with Crippen LogP contribution in [0.15, 0.2) is 0 Å². The minimum Gasteiger partial charge on any atom is -0.390 e. The third-order valence-electron chi connectivity index (χ3n) is 3.50. The summed E-state index contributed by atoms with van der Waals surface area (Å²) >= 11 is 0. The summed E-state index contributed by atoms with van der Waals surface area (Å²) in [5.74, 6) is 0.704. The fraction of sp³-hybridized carbons (Fsp3) is 1.00. The molecular formula is C11H21NO4S. The fourth-order valence-electron chi connectivity index (χ4n) is 2.14. The molecule has 0 radical (unpaired) electrons. The molecule has 0 aromatic carbocycles. The van der Waals surface area contributed by atoms with Gasteiger partial charge >= 0.3 is 0 Å². The van der Waals surface area contributed by atoms with E-state index in [4.69, 9.17) is 4.74 Å². The average molecular weight is 263 g/mol. The normalized spacial score (nSPS) is 32.2. The van der Waals surface area contributed by atoms with Gasteiger partial charge in [0.2, 0.25) is 0 Å². The Morgan fingerprint density at radius 2 is 2.06 bits per heavy atom. The lowest BCUT2D eigenvalue weighted by molar-refractivity contribution is 0.0608. The lowest BCUT2D eigenvalue weighted by atomic mass is 10.2. The second-order valence-electron chi connectivity index (χ2n) is 5.21. The number of aliphatic hydroxyl groups excluding tert-OH is 1. The van der Waals surface area contributed by atoms with Crippen molar-refractivity contribution in [3.05, 3.63) is 0 Å². The van der Waals surface area contributed by atoms with Crippen molar-refractivity contribution in [1.29, 1.82) is 0 Å². The molecule has 1 N–H and O–H groups in total. The SMILES string of the molecule is CN(CCOCC1CC1)C1CS(=O)(=O)CC1O. The van der Waals surface area contributed by atoms with Crippen LogP contribution in [-0.2, 0) is 14.6 Å². The van der Waals surface area contributed by atoms with Gasteiger partial charge in [0.05, 0.1) is 30.3 Å². The van der Waals surface area contributed by atoms with Crippen molar-refractivity contribution in [2.45, 2.75) is 25.0 Å². The quantitative estimate of drug-likeness (QED) is 0.655. The number of ether oxygens (including phenoxy) is 1. The van der Waals surface area contributed by atoms with Gasteiger partial charge in [0, 0.05) is 13.2 Å². The first-order chi connectivity index (χ1) is 7.98. The van der Waals surface area contributed by atoms with E-state index in [1.807, 2.05) is 11.9 Å². The van der Waals surface area contributed by atoms with E-state index in [9.17, 15) is 13.5 Å². The van der Waals surface area contributed by atoms with Gasteiger partial charge in [-0.05, 0) is 25.8 Å². The summed E-state index contributed by atoms with van der Waals surface area (Å²) in [5, 5.41) is 9.69. The molecule has 0 bridgehead atoms. The van der Waals surface area contributed by atoms with Crippen LogP contribution in [0.5, 0.6) is 0 Å². The third kappa shape index (κ3) is 3.91. The number of likely N-dealkylation sites (N-methyl/N-ethyl adjacent to an activating group) is 1. The molecule has 1 aliphatic heterocycles. The lowest BCUT2D eigenvalue weighted by Gasteiger charge is -2.25. The van der Waals surface area contributed by atoms with E-state index in [2.05, 4.69) is 0 Å². The molecule has 2 unspecified atom stereocenters. The van der Waals surface area contributed by atoms with Crippen LogP contribution >= 0.6 is 0 Å². The highest BCUT2D eigenvalue weighted by atomic mass is 32.2. The highest BCUT2D eigenvalue weighted by molar-refractivity contribution is 7.91.